The van der Waals surface area contributed by atoms with Gasteiger partial charge in [0.2, 0.25) is 0 Å². The average Bonchev–Trinajstić information content (AvgIpc) is 3.00. The molecule has 2 aromatic rings. The lowest BCUT2D eigenvalue weighted by Gasteiger charge is -2.22. The second-order valence-corrected chi connectivity index (χ2v) is 7.72. The van der Waals surface area contributed by atoms with Gasteiger partial charge in [-0.05, 0) is 68.2 Å². The largest absolute Gasteiger partial charge is 0.458 e. The standard InChI is InChI=1S/C22H24FNO3/c1-13-20-18(24-21(13)22(26)27-17-5-3-2-4-6-17)11-15(12-19(20)25)14-7-9-16(23)10-8-14/h7-10,15,17,24H,2-6,11-12H2,1H3. The van der Waals surface area contributed by atoms with Gasteiger partial charge >= 0.3 is 5.97 Å². The second-order valence-electron chi connectivity index (χ2n) is 7.72. The molecule has 1 heterocycles. The molecule has 0 saturated heterocycles. The normalized spacial score (nSPS) is 20.4. The van der Waals surface area contributed by atoms with Gasteiger partial charge in [-0.15, -0.1) is 0 Å². The molecule has 2 aliphatic carbocycles. The van der Waals surface area contributed by atoms with E-state index in [1.165, 1.54) is 18.6 Å². The summed E-state index contributed by atoms with van der Waals surface area (Å²) < 4.78 is 18.9. The Bertz CT molecular complexity index is 862. The molecular formula is C22H24FNO3. The predicted molar refractivity (Wildman–Crippen MR) is 99.6 cm³/mol. The number of rotatable bonds is 3. The molecule has 2 aliphatic rings. The predicted octanol–water partition coefficient (Wildman–Crippen LogP) is 4.86. The molecule has 1 aromatic heterocycles. The van der Waals surface area contributed by atoms with Crippen LogP contribution in [0.15, 0.2) is 24.3 Å². The number of esters is 1. The van der Waals surface area contributed by atoms with Gasteiger partial charge in [0, 0.05) is 17.7 Å². The zero-order valence-electron chi connectivity index (χ0n) is 15.5. The number of ether oxygens (including phenoxy) is 1. The van der Waals surface area contributed by atoms with Crippen molar-refractivity contribution in [3.63, 3.8) is 0 Å². The van der Waals surface area contributed by atoms with Gasteiger partial charge in [-0.1, -0.05) is 18.6 Å². The molecule has 1 N–H and O–H groups in total. The SMILES string of the molecule is Cc1c(C(=O)OC2CCCCC2)[nH]c2c1C(=O)CC(c1ccc(F)cc1)C2. The fraction of sp³-hybridized carbons (Fsp3) is 0.455. The minimum atomic E-state index is -0.361. The van der Waals surface area contributed by atoms with E-state index in [-0.39, 0.29) is 29.6 Å². The lowest BCUT2D eigenvalue weighted by atomic mass is 9.81. The van der Waals surface area contributed by atoms with E-state index >= 15 is 0 Å². The first-order valence-corrected chi connectivity index (χ1v) is 9.74. The van der Waals surface area contributed by atoms with Crippen LogP contribution in [0.5, 0.6) is 0 Å². The van der Waals surface area contributed by atoms with Crippen molar-refractivity contribution in [1.82, 2.24) is 4.98 Å². The highest BCUT2D eigenvalue weighted by Crippen LogP contribution is 2.35. The summed E-state index contributed by atoms with van der Waals surface area (Å²) in [5.74, 6) is -0.633. The maximum Gasteiger partial charge on any atom is 0.355 e. The van der Waals surface area contributed by atoms with E-state index in [0.29, 0.717) is 29.7 Å². The van der Waals surface area contributed by atoms with Crippen LogP contribution in [0.4, 0.5) is 4.39 Å². The molecular weight excluding hydrogens is 345 g/mol. The van der Waals surface area contributed by atoms with E-state index in [9.17, 15) is 14.0 Å². The molecule has 0 bridgehead atoms. The number of ketones is 1. The Balaban J connectivity index is 1.56. The molecule has 1 atom stereocenters. The number of hydrogen-bond acceptors (Lipinski definition) is 3. The molecule has 27 heavy (non-hydrogen) atoms. The number of hydrogen-bond donors (Lipinski definition) is 1. The number of H-pyrrole nitrogens is 1. The quantitative estimate of drug-likeness (QED) is 0.786. The fourth-order valence-electron chi connectivity index (χ4n) is 4.40. The van der Waals surface area contributed by atoms with Crippen LogP contribution in [0.3, 0.4) is 0 Å². The van der Waals surface area contributed by atoms with Crippen LogP contribution in [0.2, 0.25) is 0 Å². The third-order valence-electron chi connectivity index (χ3n) is 5.86. The summed E-state index contributed by atoms with van der Waals surface area (Å²) in [4.78, 5) is 28.5. The topological polar surface area (TPSA) is 59.2 Å². The van der Waals surface area contributed by atoms with E-state index < -0.39 is 0 Å². The van der Waals surface area contributed by atoms with Crippen molar-refractivity contribution in [3.8, 4) is 0 Å². The number of benzene rings is 1. The monoisotopic (exact) mass is 369 g/mol. The van der Waals surface area contributed by atoms with Crippen molar-refractivity contribution in [2.75, 3.05) is 0 Å². The lowest BCUT2D eigenvalue weighted by Crippen LogP contribution is -2.21. The molecule has 0 radical (unpaired) electrons. The minimum absolute atomic E-state index is 0.00846. The summed E-state index contributed by atoms with van der Waals surface area (Å²) >= 11 is 0. The Morgan fingerprint density at radius 1 is 1.11 bits per heavy atom. The summed E-state index contributed by atoms with van der Waals surface area (Å²) in [6.45, 7) is 1.81. The Labute approximate surface area is 158 Å². The van der Waals surface area contributed by atoms with Crippen LogP contribution in [-0.4, -0.2) is 22.8 Å². The lowest BCUT2D eigenvalue weighted by molar-refractivity contribution is 0.0204. The molecule has 142 valence electrons. The third-order valence-corrected chi connectivity index (χ3v) is 5.86. The van der Waals surface area contributed by atoms with Crippen molar-refractivity contribution in [2.45, 2.75) is 63.9 Å². The van der Waals surface area contributed by atoms with Crippen LogP contribution in [0, 0.1) is 12.7 Å². The van der Waals surface area contributed by atoms with Gasteiger partial charge < -0.3 is 9.72 Å². The van der Waals surface area contributed by atoms with Gasteiger partial charge in [-0.2, -0.15) is 0 Å². The van der Waals surface area contributed by atoms with Crippen LogP contribution >= 0.6 is 0 Å². The Hall–Kier alpha value is -2.43. The number of carbonyl (C=O) groups is 2. The minimum Gasteiger partial charge on any atom is -0.458 e. The maximum atomic E-state index is 13.2. The van der Waals surface area contributed by atoms with E-state index in [1.54, 1.807) is 12.1 Å². The van der Waals surface area contributed by atoms with Crippen molar-refractivity contribution in [1.29, 1.82) is 0 Å². The first kappa shape index (κ1) is 18.0. The zero-order valence-corrected chi connectivity index (χ0v) is 15.5. The molecule has 0 spiro atoms. The number of nitrogens with one attached hydrogen (secondary N) is 1. The van der Waals surface area contributed by atoms with E-state index in [1.807, 2.05) is 6.92 Å². The summed E-state index contributed by atoms with van der Waals surface area (Å²) in [6, 6.07) is 6.29. The number of halogens is 1. The van der Waals surface area contributed by atoms with Gasteiger partial charge in [-0.25, -0.2) is 9.18 Å². The van der Waals surface area contributed by atoms with Crippen LogP contribution < -0.4 is 0 Å². The zero-order chi connectivity index (χ0) is 19.0. The first-order valence-electron chi connectivity index (χ1n) is 9.74. The molecule has 5 heteroatoms. The van der Waals surface area contributed by atoms with E-state index in [4.69, 9.17) is 4.74 Å². The van der Waals surface area contributed by atoms with Gasteiger partial charge in [-0.3, -0.25) is 4.79 Å². The second kappa shape index (κ2) is 7.29. The highest BCUT2D eigenvalue weighted by Gasteiger charge is 2.33. The third kappa shape index (κ3) is 3.55. The van der Waals surface area contributed by atoms with Gasteiger partial charge in [0.25, 0.3) is 0 Å². The highest BCUT2D eigenvalue weighted by atomic mass is 19.1. The molecule has 0 aliphatic heterocycles. The summed E-state index contributed by atoms with van der Waals surface area (Å²) in [5.41, 5.74) is 3.44. The Morgan fingerprint density at radius 2 is 1.81 bits per heavy atom. The van der Waals surface area contributed by atoms with Crippen molar-refractivity contribution in [2.24, 2.45) is 0 Å². The maximum absolute atomic E-state index is 13.2. The number of aromatic nitrogens is 1. The van der Waals surface area contributed by atoms with Crippen LogP contribution in [-0.2, 0) is 11.2 Å². The summed E-state index contributed by atoms with van der Waals surface area (Å²) in [6.07, 6.45) is 6.19. The van der Waals surface area contributed by atoms with Crippen molar-refractivity contribution < 1.29 is 18.7 Å². The van der Waals surface area contributed by atoms with Crippen molar-refractivity contribution in [3.05, 3.63) is 58.2 Å². The van der Waals surface area contributed by atoms with Crippen molar-refractivity contribution >= 4 is 11.8 Å². The van der Waals surface area contributed by atoms with Crippen LogP contribution in [0.1, 0.15) is 82.1 Å². The molecule has 1 unspecified atom stereocenters. The van der Waals surface area contributed by atoms with E-state index in [2.05, 4.69) is 4.98 Å². The molecule has 1 saturated carbocycles. The smallest absolute Gasteiger partial charge is 0.355 e. The van der Waals surface area contributed by atoms with Crippen LogP contribution in [0.25, 0.3) is 0 Å². The molecule has 1 fully saturated rings. The summed E-state index contributed by atoms with van der Waals surface area (Å²) in [7, 11) is 0. The Morgan fingerprint density at radius 3 is 2.52 bits per heavy atom. The number of aromatic amines is 1. The molecule has 1 aromatic carbocycles. The highest BCUT2D eigenvalue weighted by molar-refractivity contribution is 6.03. The summed E-state index contributed by atoms with van der Waals surface area (Å²) in [5, 5.41) is 0. The molecule has 4 nitrogen and oxygen atoms in total. The molecule has 4 rings (SSSR count). The number of carbonyl (C=O) groups excluding carboxylic acids is 2. The first-order chi connectivity index (χ1) is 13.0. The molecule has 0 amide bonds. The number of Topliss-reactive ketones (excluding diaryl/α,β-unsaturated/α-hetero) is 1. The van der Waals surface area contributed by atoms with Gasteiger partial charge in [0.05, 0.1) is 0 Å². The fourth-order valence-corrected chi connectivity index (χ4v) is 4.40. The number of fused-ring (bicyclic) bond motifs is 1. The van der Waals surface area contributed by atoms with E-state index in [0.717, 1.165) is 36.9 Å². The van der Waals surface area contributed by atoms with Gasteiger partial charge in [0.1, 0.15) is 17.6 Å². The Kier molecular flexibility index (Phi) is 4.85. The van der Waals surface area contributed by atoms with Gasteiger partial charge in [0.15, 0.2) is 5.78 Å². The average molecular weight is 369 g/mol.